The van der Waals surface area contributed by atoms with Gasteiger partial charge in [0, 0.05) is 5.41 Å². The fourth-order valence-corrected chi connectivity index (χ4v) is 13.4. The maximum absolute atomic E-state index is 2.56. The molecule has 0 saturated heterocycles. The quantitative estimate of drug-likeness (QED) is 0.151. The molecular weight excluding hydrogens is 865 g/mol. The van der Waals surface area contributed by atoms with Gasteiger partial charge < -0.3 is 0 Å². The van der Waals surface area contributed by atoms with Gasteiger partial charge in [0.25, 0.3) is 0 Å². The van der Waals surface area contributed by atoms with Gasteiger partial charge in [-0.25, -0.2) is 0 Å². The van der Waals surface area contributed by atoms with Gasteiger partial charge in [0.2, 0.25) is 0 Å². The van der Waals surface area contributed by atoms with Crippen molar-refractivity contribution in [1.82, 2.24) is 0 Å². The Balaban J connectivity index is 1.02. The highest BCUT2D eigenvalue weighted by Crippen LogP contribution is 2.63. The molecular formula is C72H48. The molecule has 12 aromatic carbocycles. The monoisotopic (exact) mass is 912 g/mol. The molecule has 0 amide bonds. The predicted octanol–water partition coefficient (Wildman–Crippen LogP) is 19.0. The second kappa shape index (κ2) is 15.3. The van der Waals surface area contributed by atoms with Gasteiger partial charge in [-0.15, -0.1) is 0 Å². The van der Waals surface area contributed by atoms with Crippen molar-refractivity contribution in [2.75, 3.05) is 0 Å². The molecule has 0 aromatic heterocycles. The molecule has 72 heavy (non-hydrogen) atoms. The fraction of sp³-hybridized carbons (Fsp3) is 0.0556. The van der Waals surface area contributed by atoms with Crippen molar-refractivity contribution >= 4 is 21.5 Å². The number of benzene rings is 12. The van der Waals surface area contributed by atoms with Crippen molar-refractivity contribution in [2.24, 2.45) is 0 Å². The van der Waals surface area contributed by atoms with Crippen LogP contribution >= 0.6 is 0 Å². The molecule has 3 aliphatic rings. The van der Waals surface area contributed by atoms with E-state index in [1.807, 2.05) is 0 Å². The van der Waals surface area contributed by atoms with Gasteiger partial charge in [-0.3, -0.25) is 0 Å². The molecule has 0 atom stereocenters. The summed E-state index contributed by atoms with van der Waals surface area (Å²) in [5.74, 6) is 0. The predicted molar refractivity (Wildman–Crippen MR) is 302 cm³/mol. The molecule has 15 rings (SSSR count). The Kier molecular flexibility index (Phi) is 8.73. The summed E-state index contributed by atoms with van der Waals surface area (Å²) in [6.07, 6.45) is 0. The van der Waals surface area contributed by atoms with Crippen LogP contribution in [0.25, 0.3) is 111 Å². The van der Waals surface area contributed by atoms with Gasteiger partial charge in [-0.1, -0.05) is 244 Å². The van der Waals surface area contributed by atoms with Gasteiger partial charge in [-0.2, -0.15) is 0 Å². The zero-order valence-corrected chi connectivity index (χ0v) is 40.2. The average Bonchev–Trinajstić information content (AvgIpc) is 4.01. The van der Waals surface area contributed by atoms with Crippen LogP contribution in [0.1, 0.15) is 47.2 Å². The molecule has 0 fully saturated rings. The third-order valence-corrected chi connectivity index (χ3v) is 16.7. The van der Waals surface area contributed by atoms with E-state index in [0.717, 1.165) is 0 Å². The summed E-state index contributed by atoms with van der Waals surface area (Å²) in [7, 11) is 0. The van der Waals surface area contributed by atoms with E-state index in [9.17, 15) is 0 Å². The topological polar surface area (TPSA) is 0 Å². The van der Waals surface area contributed by atoms with Crippen LogP contribution in [-0.4, -0.2) is 0 Å². The first-order chi connectivity index (χ1) is 35.5. The summed E-state index contributed by atoms with van der Waals surface area (Å²) in [4.78, 5) is 0. The van der Waals surface area contributed by atoms with E-state index in [-0.39, 0.29) is 5.41 Å². The molecule has 0 heterocycles. The zero-order chi connectivity index (χ0) is 47.7. The largest absolute Gasteiger partial charge is 0.0725 e. The maximum Gasteiger partial charge on any atom is 0.0725 e. The molecule has 0 radical (unpaired) electrons. The standard InChI is InChI=1S/C72H48/c1-71(2)63-25-13-9-24-56(63)59-43-61-62(44-67(59)71)70(50-35-31-48(32-36-50)46-19-7-4-8-20-46)60-41-51(38-40-58(60)69(61)49-33-29-47(30-34-49)45-17-5-3-6-18-45)52-37-39-57-55-23-12-16-28-66(55)72(68(57)42-52)64-26-14-10-21-53(64)54-22-11-15-27-65(54)72/h3-44H,1-2H3. The normalized spacial score (nSPS) is 13.9. The van der Waals surface area contributed by atoms with Crippen LogP contribution in [0, 0.1) is 0 Å². The fourth-order valence-electron chi connectivity index (χ4n) is 13.4. The Morgan fingerprint density at radius 3 is 1.11 bits per heavy atom. The Bertz CT molecular complexity index is 4130. The van der Waals surface area contributed by atoms with Gasteiger partial charge in [0.15, 0.2) is 0 Å². The van der Waals surface area contributed by atoms with Crippen molar-refractivity contribution < 1.29 is 0 Å². The summed E-state index contributed by atoms with van der Waals surface area (Å²) >= 11 is 0. The molecule has 0 heteroatoms. The molecule has 0 bridgehead atoms. The average molecular weight is 913 g/mol. The molecule has 0 aliphatic heterocycles. The van der Waals surface area contributed by atoms with E-state index >= 15 is 0 Å². The van der Waals surface area contributed by atoms with E-state index in [2.05, 4.69) is 269 Å². The van der Waals surface area contributed by atoms with Gasteiger partial charge in [-0.05, 0) is 168 Å². The highest BCUT2D eigenvalue weighted by atomic mass is 14.5. The summed E-state index contributed by atoms with van der Waals surface area (Å²) < 4.78 is 0. The highest BCUT2D eigenvalue weighted by Gasteiger charge is 2.51. The molecule has 0 nitrogen and oxygen atoms in total. The Morgan fingerprint density at radius 2 is 0.569 bits per heavy atom. The van der Waals surface area contributed by atoms with Crippen molar-refractivity contribution in [2.45, 2.75) is 24.7 Å². The maximum atomic E-state index is 2.56. The second-order valence-corrected chi connectivity index (χ2v) is 20.7. The van der Waals surface area contributed by atoms with Crippen LogP contribution < -0.4 is 0 Å². The lowest BCUT2D eigenvalue weighted by Gasteiger charge is -2.30. The van der Waals surface area contributed by atoms with Crippen LogP contribution in [0.3, 0.4) is 0 Å². The third-order valence-electron chi connectivity index (χ3n) is 16.7. The van der Waals surface area contributed by atoms with E-state index < -0.39 is 5.41 Å². The molecule has 0 N–H and O–H groups in total. The van der Waals surface area contributed by atoms with E-state index in [4.69, 9.17) is 0 Å². The molecule has 336 valence electrons. The number of rotatable bonds is 5. The number of fused-ring (bicyclic) bond motifs is 15. The molecule has 1 spiro atoms. The first kappa shape index (κ1) is 41.0. The Labute approximate surface area is 421 Å². The lowest BCUT2D eigenvalue weighted by Crippen LogP contribution is -2.25. The molecule has 0 saturated carbocycles. The molecule has 3 aliphatic carbocycles. The van der Waals surface area contributed by atoms with Crippen molar-refractivity contribution in [3.63, 3.8) is 0 Å². The first-order valence-electron chi connectivity index (χ1n) is 25.4. The van der Waals surface area contributed by atoms with Gasteiger partial charge >= 0.3 is 0 Å². The number of hydrogen-bond acceptors (Lipinski definition) is 0. The van der Waals surface area contributed by atoms with E-state index in [1.165, 1.54) is 144 Å². The minimum Gasteiger partial charge on any atom is -0.0622 e. The van der Waals surface area contributed by atoms with Crippen molar-refractivity contribution in [1.29, 1.82) is 0 Å². The van der Waals surface area contributed by atoms with Crippen molar-refractivity contribution in [3.05, 3.63) is 288 Å². The minimum atomic E-state index is -0.419. The van der Waals surface area contributed by atoms with Crippen LogP contribution in [0.5, 0.6) is 0 Å². The van der Waals surface area contributed by atoms with Crippen molar-refractivity contribution in [3.8, 4) is 89.0 Å². The van der Waals surface area contributed by atoms with Crippen LogP contribution in [0.15, 0.2) is 255 Å². The van der Waals surface area contributed by atoms with E-state index in [1.54, 1.807) is 0 Å². The molecule has 12 aromatic rings. The SMILES string of the molecule is CC1(C)c2ccccc2-c2cc3c(-c4ccc(-c5ccccc5)cc4)c4ccc(-c5ccc6c(c5)C5(c7ccccc7-c7ccccc75)c5ccccc5-6)cc4c(-c4ccc(-c5ccccc5)cc4)c3cc21. The molecule has 0 unspecified atom stereocenters. The van der Waals surface area contributed by atoms with Crippen LogP contribution in [0.2, 0.25) is 0 Å². The Morgan fingerprint density at radius 1 is 0.208 bits per heavy atom. The van der Waals surface area contributed by atoms with Gasteiger partial charge in [0.05, 0.1) is 5.41 Å². The van der Waals surface area contributed by atoms with Crippen LogP contribution in [0.4, 0.5) is 0 Å². The smallest absolute Gasteiger partial charge is 0.0622 e. The summed E-state index contributed by atoms with van der Waals surface area (Å²) in [5, 5.41) is 5.04. The van der Waals surface area contributed by atoms with Gasteiger partial charge in [0.1, 0.15) is 0 Å². The Hall–Kier alpha value is -8.84. The first-order valence-corrected chi connectivity index (χ1v) is 25.4. The minimum absolute atomic E-state index is 0.168. The summed E-state index contributed by atoms with van der Waals surface area (Å²) in [6.45, 7) is 4.81. The summed E-state index contributed by atoms with van der Waals surface area (Å²) in [6, 6.07) is 96.2. The summed E-state index contributed by atoms with van der Waals surface area (Å²) in [5.41, 5.74) is 27.8. The second-order valence-electron chi connectivity index (χ2n) is 20.7. The zero-order valence-electron chi connectivity index (χ0n) is 40.2. The number of hydrogen-bond donors (Lipinski definition) is 0. The van der Waals surface area contributed by atoms with Crippen LogP contribution in [-0.2, 0) is 10.8 Å². The van der Waals surface area contributed by atoms with E-state index in [0.29, 0.717) is 0 Å². The lowest BCUT2D eigenvalue weighted by molar-refractivity contribution is 0.661. The lowest BCUT2D eigenvalue weighted by atomic mass is 9.70. The highest BCUT2D eigenvalue weighted by molar-refractivity contribution is 6.23. The third kappa shape index (κ3) is 5.69.